The summed E-state index contributed by atoms with van der Waals surface area (Å²) in [6.07, 6.45) is 5.65. The zero-order valence-electron chi connectivity index (χ0n) is 14.8. The first-order chi connectivity index (χ1) is 12.7. The molecule has 1 aliphatic rings. The largest absolute Gasteiger partial charge is 0.437 e. The average molecular weight is 346 g/mol. The van der Waals surface area contributed by atoms with Crippen LogP contribution < -0.4 is 0 Å². The number of amides is 1. The van der Waals surface area contributed by atoms with Gasteiger partial charge in [-0.1, -0.05) is 42.5 Å². The van der Waals surface area contributed by atoms with Crippen molar-refractivity contribution >= 4 is 23.1 Å². The van der Waals surface area contributed by atoms with E-state index >= 15 is 0 Å². The molecule has 1 amide bonds. The number of carbonyl (C=O) groups excluding carboxylic acids is 1. The van der Waals surface area contributed by atoms with Gasteiger partial charge in [0.15, 0.2) is 5.58 Å². The molecule has 1 aliphatic carbocycles. The first-order valence-electron chi connectivity index (χ1n) is 9.09. The van der Waals surface area contributed by atoms with Crippen LogP contribution in [-0.4, -0.2) is 21.8 Å². The molecule has 1 saturated carbocycles. The van der Waals surface area contributed by atoms with Crippen LogP contribution >= 0.6 is 0 Å². The van der Waals surface area contributed by atoms with Gasteiger partial charge in [0, 0.05) is 24.7 Å². The van der Waals surface area contributed by atoms with E-state index in [9.17, 15) is 4.79 Å². The highest BCUT2D eigenvalue weighted by Crippen LogP contribution is 2.35. The van der Waals surface area contributed by atoms with Crippen molar-refractivity contribution in [1.82, 2.24) is 9.88 Å². The van der Waals surface area contributed by atoms with Gasteiger partial charge in [-0.05, 0) is 43.4 Å². The second-order valence-corrected chi connectivity index (χ2v) is 6.88. The molecule has 0 bridgehead atoms. The Hall–Kier alpha value is -2.88. The number of aromatic nitrogens is 1. The Morgan fingerprint density at radius 2 is 1.92 bits per heavy atom. The fourth-order valence-electron chi connectivity index (χ4n) is 3.24. The molecule has 0 aliphatic heterocycles. The van der Waals surface area contributed by atoms with E-state index < -0.39 is 0 Å². The lowest BCUT2D eigenvalue weighted by atomic mass is 10.1. The number of oxazole rings is 1. The van der Waals surface area contributed by atoms with Crippen LogP contribution in [0.4, 0.5) is 0 Å². The molecule has 4 nitrogen and oxygen atoms in total. The number of fused-ring (bicyclic) bond motifs is 1. The van der Waals surface area contributed by atoms with Crippen LogP contribution in [0.3, 0.4) is 0 Å². The summed E-state index contributed by atoms with van der Waals surface area (Å²) in [5.41, 5.74) is 2.67. The number of benzene rings is 2. The lowest BCUT2D eigenvalue weighted by Crippen LogP contribution is -2.38. The van der Waals surface area contributed by atoms with E-state index in [0.29, 0.717) is 18.4 Å². The van der Waals surface area contributed by atoms with Gasteiger partial charge in [-0.15, -0.1) is 0 Å². The summed E-state index contributed by atoms with van der Waals surface area (Å²) in [4.78, 5) is 19.2. The standard InChI is InChI=1S/C22H22N2O2/c1-16(18-11-12-18)24(15-17-7-3-2-4-8-17)22(25)14-13-21-23-19-9-5-6-10-20(19)26-21/h2-10,13-14,16,18H,11-12,15H2,1H3/b14-13+. The molecular formula is C22H22N2O2. The molecule has 1 heterocycles. The molecule has 3 aromatic rings. The molecule has 4 heteroatoms. The summed E-state index contributed by atoms with van der Waals surface area (Å²) in [6.45, 7) is 2.76. The number of rotatable bonds is 6. The molecular weight excluding hydrogens is 324 g/mol. The van der Waals surface area contributed by atoms with Crippen molar-refractivity contribution in [2.45, 2.75) is 32.4 Å². The van der Waals surface area contributed by atoms with E-state index in [-0.39, 0.29) is 11.9 Å². The number of para-hydroxylation sites is 2. The molecule has 132 valence electrons. The molecule has 1 atom stereocenters. The van der Waals surface area contributed by atoms with Crippen molar-refractivity contribution in [2.24, 2.45) is 5.92 Å². The first kappa shape index (κ1) is 16.6. The Bertz CT molecular complexity index is 892. The lowest BCUT2D eigenvalue weighted by Gasteiger charge is -2.28. The average Bonchev–Trinajstić information content (AvgIpc) is 3.44. The smallest absolute Gasteiger partial charge is 0.247 e. The summed E-state index contributed by atoms with van der Waals surface area (Å²) in [5, 5.41) is 0. The molecule has 0 N–H and O–H groups in total. The highest BCUT2D eigenvalue weighted by atomic mass is 16.3. The fraction of sp³-hybridized carbons (Fsp3) is 0.273. The predicted octanol–water partition coefficient (Wildman–Crippen LogP) is 4.67. The van der Waals surface area contributed by atoms with Crippen LogP contribution in [0.25, 0.3) is 17.2 Å². The highest BCUT2D eigenvalue weighted by Gasteiger charge is 2.33. The maximum absolute atomic E-state index is 12.9. The van der Waals surface area contributed by atoms with Crippen LogP contribution in [0.2, 0.25) is 0 Å². The minimum atomic E-state index is -0.00416. The first-order valence-corrected chi connectivity index (χ1v) is 9.09. The van der Waals surface area contributed by atoms with Crippen molar-refractivity contribution in [1.29, 1.82) is 0 Å². The zero-order valence-corrected chi connectivity index (χ0v) is 14.8. The van der Waals surface area contributed by atoms with Crippen molar-refractivity contribution in [3.63, 3.8) is 0 Å². The van der Waals surface area contributed by atoms with Crippen molar-refractivity contribution in [2.75, 3.05) is 0 Å². The second kappa shape index (κ2) is 7.16. The van der Waals surface area contributed by atoms with Crippen molar-refractivity contribution < 1.29 is 9.21 Å². The lowest BCUT2D eigenvalue weighted by molar-refractivity contribution is -0.129. The van der Waals surface area contributed by atoms with Crippen LogP contribution in [0.5, 0.6) is 0 Å². The van der Waals surface area contributed by atoms with E-state index in [0.717, 1.165) is 16.7 Å². The maximum atomic E-state index is 12.9. The third-order valence-electron chi connectivity index (χ3n) is 4.95. The SMILES string of the molecule is CC(C1CC1)N(Cc1ccccc1)C(=O)/C=C/c1nc2ccccc2o1. The monoisotopic (exact) mass is 346 g/mol. The van der Waals surface area contributed by atoms with Crippen LogP contribution in [-0.2, 0) is 11.3 Å². The van der Waals surface area contributed by atoms with Crippen LogP contribution in [0.1, 0.15) is 31.2 Å². The Morgan fingerprint density at radius 3 is 2.65 bits per heavy atom. The Kier molecular flexibility index (Phi) is 4.57. The Balaban J connectivity index is 1.53. The van der Waals surface area contributed by atoms with Crippen molar-refractivity contribution in [3.05, 3.63) is 72.1 Å². The zero-order chi connectivity index (χ0) is 17.9. The van der Waals surface area contributed by atoms with Gasteiger partial charge in [-0.3, -0.25) is 4.79 Å². The van der Waals surface area contributed by atoms with Gasteiger partial charge in [0.05, 0.1) is 0 Å². The quantitative estimate of drug-likeness (QED) is 0.609. The summed E-state index contributed by atoms with van der Waals surface area (Å²) in [6, 6.07) is 18.0. The molecule has 4 rings (SSSR count). The molecule has 1 aromatic heterocycles. The highest BCUT2D eigenvalue weighted by molar-refractivity contribution is 5.91. The second-order valence-electron chi connectivity index (χ2n) is 6.88. The number of hydrogen-bond donors (Lipinski definition) is 0. The summed E-state index contributed by atoms with van der Waals surface area (Å²) < 4.78 is 5.67. The van der Waals surface area contributed by atoms with E-state index in [1.807, 2.05) is 47.4 Å². The van der Waals surface area contributed by atoms with Gasteiger partial charge < -0.3 is 9.32 Å². The van der Waals surface area contributed by atoms with Gasteiger partial charge in [0.1, 0.15) is 5.52 Å². The summed E-state index contributed by atoms with van der Waals surface area (Å²) in [7, 11) is 0. The molecule has 26 heavy (non-hydrogen) atoms. The molecule has 0 saturated heterocycles. The van der Waals surface area contributed by atoms with E-state index in [1.54, 1.807) is 12.2 Å². The minimum absolute atomic E-state index is 0.00416. The van der Waals surface area contributed by atoms with Crippen LogP contribution in [0.15, 0.2) is 65.1 Å². The van der Waals surface area contributed by atoms with Gasteiger partial charge in [0.2, 0.25) is 11.8 Å². The van der Waals surface area contributed by atoms with Gasteiger partial charge in [0.25, 0.3) is 0 Å². The number of nitrogens with zero attached hydrogens (tertiary/aromatic N) is 2. The van der Waals surface area contributed by atoms with E-state index in [2.05, 4.69) is 24.0 Å². The number of carbonyl (C=O) groups is 1. The molecule has 0 radical (unpaired) electrons. The number of hydrogen-bond acceptors (Lipinski definition) is 3. The van der Waals surface area contributed by atoms with Crippen molar-refractivity contribution in [3.8, 4) is 0 Å². The third-order valence-corrected chi connectivity index (χ3v) is 4.95. The minimum Gasteiger partial charge on any atom is -0.437 e. The predicted molar refractivity (Wildman–Crippen MR) is 102 cm³/mol. The molecule has 0 spiro atoms. The maximum Gasteiger partial charge on any atom is 0.247 e. The van der Waals surface area contributed by atoms with Gasteiger partial charge in [-0.25, -0.2) is 4.98 Å². The molecule has 1 fully saturated rings. The summed E-state index contributed by atoms with van der Waals surface area (Å²) >= 11 is 0. The topological polar surface area (TPSA) is 46.3 Å². The fourth-order valence-corrected chi connectivity index (χ4v) is 3.24. The van der Waals surface area contributed by atoms with Crippen LogP contribution in [0, 0.1) is 5.92 Å². The van der Waals surface area contributed by atoms with E-state index in [1.165, 1.54) is 12.8 Å². The Morgan fingerprint density at radius 1 is 1.19 bits per heavy atom. The molecule has 1 unspecified atom stereocenters. The summed E-state index contributed by atoms with van der Waals surface area (Å²) in [5.74, 6) is 1.06. The Labute approximate surface area is 153 Å². The normalized spacial score (nSPS) is 15.4. The van der Waals surface area contributed by atoms with Gasteiger partial charge in [-0.2, -0.15) is 0 Å². The van der Waals surface area contributed by atoms with Gasteiger partial charge >= 0.3 is 0 Å². The third kappa shape index (κ3) is 3.69. The molecule has 2 aromatic carbocycles. The van der Waals surface area contributed by atoms with E-state index in [4.69, 9.17) is 4.42 Å².